The quantitative estimate of drug-likeness (QED) is 0.799. The van der Waals surface area contributed by atoms with Gasteiger partial charge in [0, 0.05) is 13.0 Å². The molecule has 1 saturated heterocycles. The summed E-state index contributed by atoms with van der Waals surface area (Å²) in [5, 5.41) is 16.2. The van der Waals surface area contributed by atoms with E-state index in [-0.39, 0.29) is 18.9 Å². The van der Waals surface area contributed by atoms with Gasteiger partial charge in [0.05, 0.1) is 18.9 Å². The standard InChI is InChI=1S/C10H14N2O4/c13-10(14)4-3-8-11-12-9(16-8)6-7-2-1-5-15-7/h7H,1-6H2,(H,13,14). The molecule has 1 aliphatic heterocycles. The van der Waals surface area contributed by atoms with Gasteiger partial charge in [-0.15, -0.1) is 10.2 Å². The highest BCUT2D eigenvalue weighted by Gasteiger charge is 2.19. The average molecular weight is 226 g/mol. The molecule has 0 aliphatic carbocycles. The third-order valence-corrected chi connectivity index (χ3v) is 2.49. The number of hydrogen-bond donors (Lipinski definition) is 1. The van der Waals surface area contributed by atoms with E-state index in [1.807, 2.05) is 0 Å². The zero-order chi connectivity index (χ0) is 11.4. The molecule has 6 nitrogen and oxygen atoms in total. The first-order chi connectivity index (χ1) is 7.74. The second-order valence-corrected chi connectivity index (χ2v) is 3.82. The van der Waals surface area contributed by atoms with Crippen LogP contribution in [0.15, 0.2) is 4.42 Å². The van der Waals surface area contributed by atoms with Crippen molar-refractivity contribution in [3.05, 3.63) is 11.8 Å². The van der Waals surface area contributed by atoms with Crippen LogP contribution in [0.3, 0.4) is 0 Å². The van der Waals surface area contributed by atoms with E-state index >= 15 is 0 Å². The molecule has 1 atom stereocenters. The third-order valence-electron chi connectivity index (χ3n) is 2.49. The topological polar surface area (TPSA) is 85.5 Å². The van der Waals surface area contributed by atoms with Crippen LogP contribution in [-0.2, 0) is 22.4 Å². The maximum atomic E-state index is 10.3. The Morgan fingerprint density at radius 1 is 1.44 bits per heavy atom. The Hall–Kier alpha value is -1.43. The molecule has 0 bridgehead atoms. The number of aromatic nitrogens is 2. The van der Waals surface area contributed by atoms with Crippen molar-refractivity contribution in [2.75, 3.05) is 6.61 Å². The first-order valence-corrected chi connectivity index (χ1v) is 5.38. The molecule has 0 spiro atoms. The van der Waals surface area contributed by atoms with Crippen molar-refractivity contribution in [2.24, 2.45) is 0 Å². The van der Waals surface area contributed by atoms with Gasteiger partial charge in [0.25, 0.3) is 0 Å². The van der Waals surface area contributed by atoms with E-state index in [1.54, 1.807) is 0 Å². The molecule has 1 aliphatic rings. The molecule has 2 rings (SSSR count). The molecule has 1 aromatic rings. The van der Waals surface area contributed by atoms with Crippen LogP contribution in [0, 0.1) is 0 Å². The molecule has 1 fully saturated rings. The minimum Gasteiger partial charge on any atom is -0.481 e. The number of carboxylic acid groups (broad SMARTS) is 1. The van der Waals surface area contributed by atoms with Crippen molar-refractivity contribution in [3.63, 3.8) is 0 Å². The summed E-state index contributed by atoms with van der Waals surface area (Å²) in [6, 6.07) is 0. The van der Waals surface area contributed by atoms with Crippen LogP contribution in [0.25, 0.3) is 0 Å². The highest BCUT2D eigenvalue weighted by atomic mass is 16.5. The van der Waals surface area contributed by atoms with E-state index in [4.69, 9.17) is 14.3 Å². The summed E-state index contributed by atoms with van der Waals surface area (Å²) in [4.78, 5) is 10.3. The first kappa shape index (κ1) is 11.1. The third kappa shape index (κ3) is 3.03. The molecule has 0 aromatic carbocycles. The van der Waals surface area contributed by atoms with Crippen molar-refractivity contribution in [1.82, 2.24) is 10.2 Å². The molecular weight excluding hydrogens is 212 g/mol. The lowest BCUT2D eigenvalue weighted by Crippen LogP contribution is -2.08. The van der Waals surface area contributed by atoms with E-state index in [0.717, 1.165) is 19.4 Å². The van der Waals surface area contributed by atoms with E-state index in [1.165, 1.54) is 0 Å². The summed E-state index contributed by atoms with van der Waals surface area (Å²) in [5.41, 5.74) is 0. The Balaban J connectivity index is 1.84. The number of nitrogens with zero attached hydrogens (tertiary/aromatic N) is 2. The highest BCUT2D eigenvalue weighted by molar-refractivity contribution is 5.66. The summed E-state index contributed by atoms with van der Waals surface area (Å²) in [6.45, 7) is 0.796. The van der Waals surface area contributed by atoms with Gasteiger partial charge < -0.3 is 14.3 Å². The van der Waals surface area contributed by atoms with Gasteiger partial charge in [-0.2, -0.15) is 0 Å². The number of aliphatic carboxylic acids is 1. The molecule has 1 aromatic heterocycles. The van der Waals surface area contributed by atoms with Gasteiger partial charge in [-0.1, -0.05) is 0 Å². The summed E-state index contributed by atoms with van der Waals surface area (Å²) in [5.74, 6) is 0.0570. The highest BCUT2D eigenvalue weighted by Crippen LogP contribution is 2.16. The number of aryl methyl sites for hydroxylation is 1. The maximum absolute atomic E-state index is 10.3. The molecule has 0 saturated carbocycles. The number of carbonyl (C=O) groups is 1. The minimum atomic E-state index is -0.862. The predicted octanol–water partition coefficient (Wildman–Crippen LogP) is 0.808. The molecule has 2 heterocycles. The van der Waals surface area contributed by atoms with Crippen LogP contribution in [0.4, 0.5) is 0 Å². The molecule has 88 valence electrons. The molecular formula is C10H14N2O4. The van der Waals surface area contributed by atoms with Gasteiger partial charge in [0.15, 0.2) is 0 Å². The van der Waals surface area contributed by atoms with Crippen molar-refractivity contribution in [2.45, 2.75) is 38.2 Å². The van der Waals surface area contributed by atoms with Crippen molar-refractivity contribution in [3.8, 4) is 0 Å². The Labute approximate surface area is 92.6 Å². The van der Waals surface area contributed by atoms with Crippen LogP contribution in [0.5, 0.6) is 0 Å². The van der Waals surface area contributed by atoms with Crippen molar-refractivity contribution >= 4 is 5.97 Å². The van der Waals surface area contributed by atoms with Crippen molar-refractivity contribution < 1.29 is 19.1 Å². The monoisotopic (exact) mass is 226 g/mol. The van der Waals surface area contributed by atoms with Gasteiger partial charge >= 0.3 is 5.97 Å². The average Bonchev–Trinajstić information content (AvgIpc) is 2.87. The Bertz CT molecular complexity index is 357. The number of carboxylic acids is 1. The van der Waals surface area contributed by atoms with Gasteiger partial charge in [-0.25, -0.2) is 0 Å². The zero-order valence-corrected chi connectivity index (χ0v) is 8.89. The normalized spacial score (nSPS) is 20.1. The second-order valence-electron chi connectivity index (χ2n) is 3.82. The lowest BCUT2D eigenvalue weighted by Gasteiger charge is -2.03. The second kappa shape index (κ2) is 5.07. The van der Waals surface area contributed by atoms with Crippen LogP contribution in [0.1, 0.15) is 31.0 Å². The number of hydrogen-bond acceptors (Lipinski definition) is 5. The minimum absolute atomic E-state index is 0.0154. The molecule has 0 radical (unpaired) electrons. The van der Waals surface area contributed by atoms with Crippen LogP contribution in [0.2, 0.25) is 0 Å². The van der Waals surface area contributed by atoms with Gasteiger partial charge in [0.2, 0.25) is 11.8 Å². The Kier molecular flexibility index (Phi) is 3.51. The SMILES string of the molecule is O=C(O)CCc1nnc(CC2CCCO2)o1. The van der Waals surface area contributed by atoms with Gasteiger partial charge in [-0.05, 0) is 12.8 Å². The smallest absolute Gasteiger partial charge is 0.303 e. The van der Waals surface area contributed by atoms with E-state index in [0.29, 0.717) is 18.2 Å². The van der Waals surface area contributed by atoms with E-state index < -0.39 is 5.97 Å². The fourth-order valence-electron chi connectivity index (χ4n) is 1.69. The lowest BCUT2D eigenvalue weighted by molar-refractivity contribution is -0.137. The number of rotatable bonds is 5. The summed E-state index contributed by atoms with van der Waals surface area (Å²) in [7, 11) is 0. The predicted molar refractivity (Wildman–Crippen MR) is 52.9 cm³/mol. The fraction of sp³-hybridized carbons (Fsp3) is 0.700. The first-order valence-electron chi connectivity index (χ1n) is 5.38. The van der Waals surface area contributed by atoms with E-state index in [2.05, 4.69) is 10.2 Å². The summed E-state index contributed by atoms with van der Waals surface area (Å²) < 4.78 is 10.8. The lowest BCUT2D eigenvalue weighted by atomic mass is 10.2. The molecule has 1 unspecified atom stereocenters. The van der Waals surface area contributed by atoms with E-state index in [9.17, 15) is 4.79 Å². The van der Waals surface area contributed by atoms with Gasteiger partial charge in [0.1, 0.15) is 0 Å². The molecule has 1 N–H and O–H groups in total. The molecule has 0 amide bonds. The van der Waals surface area contributed by atoms with Crippen LogP contribution in [-0.4, -0.2) is 34.0 Å². The molecule has 16 heavy (non-hydrogen) atoms. The van der Waals surface area contributed by atoms with Crippen LogP contribution >= 0.6 is 0 Å². The zero-order valence-electron chi connectivity index (χ0n) is 8.89. The fourth-order valence-corrected chi connectivity index (χ4v) is 1.69. The van der Waals surface area contributed by atoms with Crippen LogP contribution < -0.4 is 0 Å². The van der Waals surface area contributed by atoms with Gasteiger partial charge in [-0.3, -0.25) is 4.79 Å². The Morgan fingerprint density at radius 3 is 2.94 bits per heavy atom. The summed E-state index contributed by atoms with van der Waals surface area (Å²) >= 11 is 0. The number of ether oxygens (including phenoxy) is 1. The maximum Gasteiger partial charge on any atom is 0.303 e. The Morgan fingerprint density at radius 2 is 2.25 bits per heavy atom. The molecule has 6 heteroatoms. The summed E-state index contributed by atoms with van der Waals surface area (Å²) in [6.07, 6.45) is 3.19. The largest absolute Gasteiger partial charge is 0.481 e. The van der Waals surface area contributed by atoms with Crippen molar-refractivity contribution in [1.29, 1.82) is 0 Å².